The summed E-state index contributed by atoms with van der Waals surface area (Å²) in [4.78, 5) is 34.6. The third-order valence-corrected chi connectivity index (χ3v) is 5.10. The molecule has 0 aliphatic carbocycles. The monoisotopic (exact) mass is 398 g/mol. The second-order valence-corrected chi connectivity index (χ2v) is 6.88. The van der Waals surface area contributed by atoms with Gasteiger partial charge in [-0.3, -0.25) is 4.79 Å². The van der Waals surface area contributed by atoms with Gasteiger partial charge in [0, 0.05) is 31.6 Å². The first-order valence-corrected chi connectivity index (χ1v) is 9.43. The van der Waals surface area contributed by atoms with Gasteiger partial charge in [-0.25, -0.2) is 14.8 Å². The predicted octanol–water partition coefficient (Wildman–Crippen LogP) is 1.86. The summed E-state index contributed by atoms with van der Waals surface area (Å²) < 4.78 is 16.1. The van der Waals surface area contributed by atoms with Gasteiger partial charge in [-0.2, -0.15) is 0 Å². The van der Waals surface area contributed by atoms with Crippen LogP contribution < -0.4 is 10.2 Å². The highest BCUT2D eigenvalue weighted by atomic mass is 16.7. The molecule has 2 fully saturated rings. The van der Waals surface area contributed by atoms with Gasteiger partial charge < -0.3 is 24.4 Å². The van der Waals surface area contributed by atoms with Gasteiger partial charge in [0.25, 0.3) is 5.91 Å². The minimum absolute atomic E-state index is 0.210. The Kier molecular flexibility index (Phi) is 5.41. The SMILES string of the molecule is COC(=O)c1ccc(NC(=O)c2cnc(N3CCC4(CC3)OCCO4)cn2)cc1. The zero-order valence-electron chi connectivity index (χ0n) is 16.1. The maximum atomic E-state index is 12.4. The van der Waals surface area contributed by atoms with Gasteiger partial charge in [0.1, 0.15) is 11.5 Å². The Morgan fingerprint density at radius 2 is 1.76 bits per heavy atom. The van der Waals surface area contributed by atoms with Crippen molar-refractivity contribution >= 4 is 23.4 Å². The third kappa shape index (κ3) is 4.20. The number of benzene rings is 1. The molecule has 0 unspecified atom stereocenters. The second-order valence-electron chi connectivity index (χ2n) is 6.88. The van der Waals surface area contributed by atoms with E-state index < -0.39 is 11.8 Å². The number of carbonyl (C=O) groups excluding carboxylic acids is 2. The molecule has 1 aromatic heterocycles. The molecule has 2 aliphatic rings. The van der Waals surface area contributed by atoms with Crippen molar-refractivity contribution in [2.45, 2.75) is 18.6 Å². The zero-order valence-corrected chi connectivity index (χ0v) is 16.1. The van der Waals surface area contributed by atoms with E-state index in [1.54, 1.807) is 30.5 Å². The van der Waals surface area contributed by atoms with Crippen molar-refractivity contribution in [3.63, 3.8) is 0 Å². The van der Waals surface area contributed by atoms with E-state index in [0.717, 1.165) is 31.7 Å². The topological polar surface area (TPSA) is 103 Å². The lowest BCUT2D eigenvalue weighted by atomic mass is 10.0. The lowest BCUT2D eigenvalue weighted by molar-refractivity contribution is -0.169. The van der Waals surface area contributed by atoms with Crippen LogP contribution in [0, 0.1) is 0 Å². The molecule has 9 nitrogen and oxygen atoms in total. The van der Waals surface area contributed by atoms with Gasteiger partial charge in [-0.15, -0.1) is 0 Å². The van der Waals surface area contributed by atoms with E-state index in [9.17, 15) is 9.59 Å². The van der Waals surface area contributed by atoms with Crippen LogP contribution in [0.1, 0.15) is 33.7 Å². The van der Waals surface area contributed by atoms with Crippen LogP contribution in [0.25, 0.3) is 0 Å². The van der Waals surface area contributed by atoms with Crippen LogP contribution in [0.15, 0.2) is 36.7 Å². The summed E-state index contributed by atoms with van der Waals surface area (Å²) in [6.07, 6.45) is 4.61. The third-order valence-electron chi connectivity index (χ3n) is 5.10. The molecule has 2 aliphatic heterocycles. The van der Waals surface area contributed by atoms with Gasteiger partial charge in [0.05, 0.1) is 38.3 Å². The Morgan fingerprint density at radius 3 is 2.34 bits per heavy atom. The summed E-state index contributed by atoms with van der Waals surface area (Å²) in [6.45, 7) is 2.81. The van der Waals surface area contributed by atoms with Gasteiger partial charge in [0.15, 0.2) is 5.79 Å². The number of piperidine rings is 1. The number of methoxy groups -OCH3 is 1. The van der Waals surface area contributed by atoms with E-state index in [4.69, 9.17) is 9.47 Å². The van der Waals surface area contributed by atoms with Crippen molar-refractivity contribution in [1.82, 2.24) is 9.97 Å². The van der Waals surface area contributed by atoms with E-state index in [1.807, 2.05) is 0 Å². The van der Waals surface area contributed by atoms with Crippen LogP contribution in [0.4, 0.5) is 11.5 Å². The number of nitrogens with one attached hydrogen (secondary N) is 1. The summed E-state index contributed by atoms with van der Waals surface area (Å²) >= 11 is 0. The Labute approximate surface area is 168 Å². The molecule has 1 amide bonds. The first-order chi connectivity index (χ1) is 14.1. The highest BCUT2D eigenvalue weighted by molar-refractivity contribution is 6.03. The lowest BCUT2D eigenvalue weighted by Gasteiger charge is -2.37. The van der Waals surface area contributed by atoms with Crippen LogP contribution >= 0.6 is 0 Å². The Hall–Kier alpha value is -3.04. The molecule has 2 aromatic rings. The van der Waals surface area contributed by atoms with E-state index in [-0.39, 0.29) is 11.6 Å². The number of aromatic nitrogens is 2. The number of amides is 1. The van der Waals surface area contributed by atoms with Crippen molar-refractivity contribution in [2.75, 3.05) is 43.6 Å². The molecule has 2 saturated heterocycles. The van der Waals surface area contributed by atoms with Crippen molar-refractivity contribution in [3.05, 3.63) is 47.9 Å². The van der Waals surface area contributed by atoms with E-state index in [0.29, 0.717) is 24.5 Å². The summed E-state index contributed by atoms with van der Waals surface area (Å²) in [5.41, 5.74) is 1.17. The average Bonchev–Trinajstić information content (AvgIpc) is 3.22. The number of carbonyl (C=O) groups is 2. The average molecular weight is 398 g/mol. The number of hydrogen-bond donors (Lipinski definition) is 1. The van der Waals surface area contributed by atoms with E-state index >= 15 is 0 Å². The molecule has 0 saturated carbocycles. The highest BCUT2D eigenvalue weighted by Gasteiger charge is 2.40. The van der Waals surface area contributed by atoms with Gasteiger partial charge in [-0.05, 0) is 24.3 Å². The largest absolute Gasteiger partial charge is 0.465 e. The minimum atomic E-state index is -0.437. The first-order valence-electron chi connectivity index (χ1n) is 9.43. The summed E-state index contributed by atoms with van der Waals surface area (Å²) in [5.74, 6) is -0.524. The normalized spacial score (nSPS) is 17.9. The molecule has 0 radical (unpaired) electrons. The molecule has 3 heterocycles. The van der Waals surface area contributed by atoms with Gasteiger partial charge >= 0.3 is 5.97 Å². The van der Waals surface area contributed by atoms with Crippen molar-refractivity contribution in [3.8, 4) is 0 Å². The molecule has 29 heavy (non-hydrogen) atoms. The lowest BCUT2D eigenvalue weighted by Crippen LogP contribution is -2.45. The first kappa shape index (κ1) is 19.3. The molecule has 1 N–H and O–H groups in total. The summed E-state index contributed by atoms with van der Waals surface area (Å²) in [7, 11) is 1.32. The van der Waals surface area contributed by atoms with E-state index in [1.165, 1.54) is 13.3 Å². The van der Waals surface area contributed by atoms with Crippen molar-refractivity contribution < 1.29 is 23.8 Å². The summed E-state index contributed by atoms with van der Waals surface area (Å²) in [5, 5.41) is 2.73. The van der Waals surface area contributed by atoms with Crippen LogP contribution in [-0.4, -0.2) is 61.0 Å². The smallest absolute Gasteiger partial charge is 0.337 e. The molecule has 0 bridgehead atoms. The quantitative estimate of drug-likeness (QED) is 0.779. The predicted molar refractivity (Wildman–Crippen MR) is 104 cm³/mol. The van der Waals surface area contributed by atoms with Gasteiger partial charge in [0.2, 0.25) is 0 Å². The van der Waals surface area contributed by atoms with Crippen LogP contribution in [0.3, 0.4) is 0 Å². The molecular weight excluding hydrogens is 376 g/mol. The number of ether oxygens (including phenoxy) is 3. The number of esters is 1. The maximum Gasteiger partial charge on any atom is 0.337 e. The summed E-state index contributed by atoms with van der Waals surface area (Å²) in [6, 6.07) is 6.42. The molecule has 1 spiro atoms. The number of hydrogen-bond acceptors (Lipinski definition) is 8. The molecule has 152 valence electrons. The number of rotatable bonds is 4. The fraction of sp³-hybridized carbons (Fsp3) is 0.400. The van der Waals surface area contributed by atoms with E-state index in [2.05, 4.69) is 24.9 Å². The Bertz CT molecular complexity index is 869. The Balaban J connectivity index is 1.35. The fourth-order valence-electron chi connectivity index (χ4n) is 3.47. The van der Waals surface area contributed by atoms with Crippen LogP contribution in [-0.2, 0) is 14.2 Å². The second kappa shape index (κ2) is 8.14. The standard InChI is InChI=1S/C20H22N4O5/c1-27-19(26)14-2-4-15(5-3-14)23-18(25)16-12-22-17(13-21-16)24-8-6-20(7-9-24)28-10-11-29-20/h2-5,12-13H,6-11H2,1H3,(H,23,25). The molecular formula is C20H22N4O5. The molecule has 4 rings (SSSR count). The maximum absolute atomic E-state index is 12.4. The molecule has 1 aromatic carbocycles. The zero-order chi connectivity index (χ0) is 20.3. The van der Waals surface area contributed by atoms with Crippen LogP contribution in [0.2, 0.25) is 0 Å². The van der Waals surface area contributed by atoms with Crippen molar-refractivity contribution in [1.29, 1.82) is 0 Å². The van der Waals surface area contributed by atoms with Crippen molar-refractivity contribution in [2.24, 2.45) is 0 Å². The fourth-order valence-corrected chi connectivity index (χ4v) is 3.47. The molecule has 0 atom stereocenters. The minimum Gasteiger partial charge on any atom is -0.465 e. The molecule has 9 heteroatoms. The van der Waals surface area contributed by atoms with Crippen LogP contribution in [0.5, 0.6) is 0 Å². The number of nitrogens with zero attached hydrogens (tertiary/aromatic N) is 3. The Morgan fingerprint density at radius 1 is 1.07 bits per heavy atom. The van der Waals surface area contributed by atoms with Gasteiger partial charge in [-0.1, -0.05) is 0 Å². The highest BCUT2D eigenvalue weighted by Crippen LogP contribution is 2.32. The number of anilines is 2.